The SMILES string of the molecule is CCCCOCCn1c(=O)c(C)cn([C@@H]2O[C@H](COC(=O)OC(C)(C)C)C(OC(=O)OC(C)(C)C)C2OC(=O)OC(C)(C)C)c1=O. The molecule has 2 rings (SSSR count). The Bertz CT molecular complexity index is 1310. The van der Waals surface area contributed by atoms with Gasteiger partial charge in [0.05, 0.1) is 13.2 Å². The highest BCUT2D eigenvalue weighted by Crippen LogP contribution is 2.35. The largest absolute Gasteiger partial charge is 0.509 e. The van der Waals surface area contributed by atoms with Crippen molar-refractivity contribution in [3.05, 3.63) is 32.6 Å². The van der Waals surface area contributed by atoms with Gasteiger partial charge in [0.1, 0.15) is 29.5 Å². The molecule has 1 aromatic rings. The summed E-state index contributed by atoms with van der Waals surface area (Å²) in [6.07, 6.45) is -6.10. The number of aromatic nitrogens is 2. The third kappa shape index (κ3) is 12.3. The number of hydrogen-bond acceptors (Lipinski definition) is 13. The summed E-state index contributed by atoms with van der Waals surface area (Å²) in [4.78, 5) is 64.9. The van der Waals surface area contributed by atoms with Gasteiger partial charge in [-0.1, -0.05) is 13.3 Å². The zero-order valence-electron chi connectivity index (χ0n) is 28.8. The monoisotopic (exact) mass is 658 g/mol. The van der Waals surface area contributed by atoms with Gasteiger partial charge >= 0.3 is 24.2 Å². The summed E-state index contributed by atoms with van der Waals surface area (Å²) in [5, 5.41) is 0. The lowest BCUT2D eigenvalue weighted by molar-refractivity contribution is -0.0883. The van der Waals surface area contributed by atoms with E-state index >= 15 is 0 Å². The van der Waals surface area contributed by atoms with Gasteiger partial charge in [0.2, 0.25) is 0 Å². The summed E-state index contributed by atoms with van der Waals surface area (Å²) in [5.41, 5.74) is -3.97. The summed E-state index contributed by atoms with van der Waals surface area (Å²) in [6.45, 7) is 18.1. The molecule has 46 heavy (non-hydrogen) atoms. The van der Waals surface area contributed by atoms with Crippen molar-refractivity contribution in [2.75, 3.05) is 19.8 Å². The van der Waals surface area contributed by atoms with Crippen LogP contribution in [0.15, 0.2) is 15.8 Å². The van der Waals surface area contributed by atoms with Crippen LogP contribution in [-0.4, -0.2) is 82.5 Å². The Morgan fingerprint density at radius 3 is 1.85 bits per heavy atom. The van der Waals surface area contributed by atoms with E-state index in [4.69, 9.17) is 37.9 Å². The normalized spacial score (nSPS) is 20.2. The Hall–Kier alpha value is -3.59. The first-order valence-corrected chi connectivity index (χ1v) is 15.3. The molecule has 0 aromatic carbocycles. The highest BCUT2D eigenvalue weighted by Gasteiger charge is 2.53. The summed E-state index contributed by atoms with van der Waals surface area (Å²) >= 11 is 0. The lowest BCUT2D eigenvalue weighted by atomic mass is 10.1. The molecule has 0 spiro atoms. The molecule has 15 heteroatoms. The minimum absolute atomic E-state index is 0.0591. The fourth-order valence-corrected chi connectivity index (χ4v) is 4.18. The number of hydrogen-bond donors (Lipinski definition) is 0. The Morgan fingerprint density at radius 2 is 1.33 bits per heavy atom. The molecule has 2 heterocycles. The fourth-order valence-electron chi connectivity index (χ4n) is 4.18. The maximum absolute atomic E-state index is 13.7. The molecule has 0 aliphatic carbocycles. The highest BCUT2D eigenvalue weighted by atomic mass is 16.8. The van der Waals surface area contributed by atoms with E-state index in [1.54, 1.807) is 62.3 Å². The zero-order valence-corrected chi connectivity index (χ0v) is 28.8. The van der Waals surface area contributed by atoms with Gasteiger partial charge in [-0.25, -0.2) is 19.2 Å². The Morgan fingerprint density at radius 1 is 0.804 bits per heavy atom. The van der Waals surface area contributed by atoms with E-state index < -0.39 is 77.7 Å². The maximum atomic E-state index is 13.7. The van der Waals surface area contributed by atoms with Gasteiger partial charge in [-0.2, -0.15) is 0 Å². The number of rotatable bonds is 11. The molecule has 1 aliphatic rings. The van der Waals surface area contributed by atoms with E-state index in [1.165, 1.54) is 13.1 Å². The van der Waals surface area contributed by atoms with Crippen molar-refractivity contribution >= 4 is 18.5 Å². The number of unbranched alkanes of at least 4 members (excludes halogenated alkanes) is 1. The molecule has 0 saturated carbocycles. The molecule has 15 nitrogen and oxygen atoms in total. The minimum atomic E-state index is -1.53. The minimum Gasteiger partial charge on any atom is -0.431 e. The van der Waals surface area contributed by atoms with Gasteiger partial charge in [-0.05, 0) is 75.7 Å². The first-order valence-electron chi connectivity index (χ1n) is 15.3. The third-order valence-electron chi connectivity index (χ3n) is 6.03. The molecule has 1 saturated heterocycles. The van der Waals surface area contributed by atoms with Gasteiger partial charge in [0.25, 0.3) is 5.56 Å². The topological polar surface area (TPSA) is 169 Å². The van der Waals surface area contributed by atoms with Crippen molar-refractivity contribution in [3.8, 4) is 0 Å². The Labute approximate surface area is 269 Å². The van der Waals surface area contributed by atoms with Crippen LogP contribution < -0.4 is 11.2 Å². The van der Waals surface area contributed by atoms with Crippen LogP contribution >= 0.6 is 0 Å². The molecule has 0 N–H and O–H groups in total. The fraction of sp³-hybridized carbons (Fsp3) is 0.774. The average Bonchev–Trinajstić information content (AvgIpc) is 3.19. The van der Waals surface area contributed by atoms with Crippen molar-refractivity contribution in [2.45, 2.75) is 137 Å². The number of carbonyl (C=O) groups excluding carboxylic acids is 3. The summed E-state index contributed by atoms with van der Waals surface area (Å²) in [6, 6.07) is 0. The van der Waals surface area contributed by atoms with Crippen LogP contribution in [0.2, 0.25) is 0 Å². The highest BCUT2D eigenvalue weighted by molar-refractivity contribution is 5.62. The van der Waals surface area contributed by atoms with E-state index in [1.807, 2.05) is 6.92 Å². The van der Waals surface area contributed by atoms with Crippen molar-refractivity contribution < 1.29 is 52.3 Å². The number of carbonyl (C=O) groups is 3. The van der Waals surface area contributed by atoms with Crippen LogP contribution in [0.25, 0.3) is 0 Å². The molecule has 1 fully saturated rings. The quantitative estimate of drug-likeness (QED) is 0.183. The second-order valence-corrected chi connectivity index (χ2v) is 13.9. The summed E-state index contributed by atoms with van der Waals surface area (Å²) in [5.74, 6) is 0. The van der Waals surface area contributed by atoms with Gasteiger partial charge in [-0.3, -0.25) is 13.9 Å². The van der Waals surface area contributed by atoms with Crippen molar-refractivity contribution in [3.63, 3.8) is 0 Å². The molecule has 0 radical (unpaired) electrons. The molecule has 262 valence electrons. The predicted molar refractivity (Wildman–Crippen MR) is 164 cm³/mol. The molecule has 0 amide bonds. The van der Waals surface area contributed by atoms with Crippen molar-refractivity contribution in [2.24, 2.45) is 0 Å². The summed E-state index contributed by atoms with van der Waals surface area (Å²) < 4.78 is 46.1. The molecular weight excluding hydrogens is 608 g/mol. The smallest absolute Gasteiger partial charge is 0.431 e. The van der Waals surface area contributed by atoms with Crippen LogP contribution in [0.1, 0.15) is 93.9 Å². The van der Waals surface area contributed by atoms with Crippen LogP contribution in [0.3, 0.4) is 0 Å². The first kappa shape index (κ1) is 38.6. The van der Waals surface area contributed by atoms with Crippen molar-refractivity contribution in [1.82, 2.24) is 9.13 Å². The Balaban J connectivity index is 2.59. The Kier molecular flexibility index (Phi) is 13.3. The van der Waals surface area contributed by atoms with Crippen LogP contribution in [0.4, 0.5) is 14.4 Å². The molecule has 1 aliphatic heterocycles. The number of aryl methyl sites for hydroxylation is 1. The van der Waals surface area contributed by atoms with E-state index in [0.29, 0.717) is 6.61 Å². The van der Waals surface area contributed by atoms with Crippen LogP contribution in [0.5, 0.6) is 0 Å². The zero-order chi connectivity index (χ0) is 35.0. The van der Waals surface area contributed by atoms with E-state index in [-0.39, 0.29) is 18.7 Å². The lowest BCUT2D eigenvalue weighted by Crippen LogP contribution is -2.47. The second-order valence-electron chi connectivity index (χ2n) is 13.9. The maximum Gasteiger partial charge on any atom is 0.509 e. The van der Waals surface area contributed by atoms with Gasteiger partial charge in [0, 0.05) is 18.4 Å². The molecular formula is C31H50N2O13. The molecule has 2 unspecified atom stereocenters. The van der Waals surface area contributed by atoms with E-state index in [9.17, 15) is 24.0 Å². The third-order valence-corrected chi connectivity index (χ3v) is 6.03. The van der Waals surface area contributed by atoms with E-state index in [0.717, 1.165) is 22.0 Å². The molecule has 1 aromatic heterocycles. The summed E-state index contributed by atoms with van der Waals surface area (Å²) in [7, 11) is 0. The second kappa shape index (κ2) is 15.8. The molecule has 4 atom stereocenters. The molecule has 0 bridgehead atoms. The van der Waals surface area contributed by atoms with Crippen LogP contribution in [0, 0.1) is 6.92 Å². The van der Waals surface area contributed by atoms with Crippen molar-refractivity contribution in [1.29, 1.82) is 0 Å². The van der Waals surface area contributed by atoms with E-state index in [2.05, 4.69) is 0 Å². The van der Waals surface area contributed by atoms with Gasteiger partial charge in [-0.15, -0.1) is 0 Å². The van der Waals surface area contributed by atoms with Gasteiger partial charge in [0.15, 0.2) is 18.4 Å². The standard InChI is InChI=1S/C31H50N2O13/c1-12-13-15-39-16-14-32-23(34)19(2)17-33(25(32)35)24-22(43-28(38)46-31(9,10)11)21(42-27(37)45-30(6,7)8)20(41-24)18-40-26(36)44-29(3,4)5/h17,20-22,24H,12-16,18H2,1-11H3/t20-,21?,22?,24-/m1/s1. The van der Waals surface area contributed by atoms with Crippen LogP contribution in [-0.2, 0) is 44.4 Å². The first-order chi connectivity index (χ1) is 21.1. The average molecular weight is 659 g/mol. The number of nitrogens with zero attached hydrogens (tertiary/aromatic N) is 2. The lowest BCUT2D eigenvalue weighted by Gasteiger charge is -2.28. The number of ether oxygens (including phenoxy) is 8. The van der Waals surface area contributed by atoms with Gasteiger partial charge < -0.3 is 37.9 Å². The predicted octanol–water partition coefficient (Wildman–Crippen LogP) is 4.62.